The summed E-state index contributed by atoms with van der Waals surface area (Å²) >= 11 is 0. The van der Waals surface area contributed by atoms with Crippen molar-refractivity contribution in [3.05, 3.63) is 41.7 Å². The van der Waals surface area contributed by atoms with Crippen LogP contribution in [0.3, 0.4) is 0 Å². The van der Waals surface area contributed by atoms with Crippen LogP contribution in [0.4, 0.5) is 11.8 Å². The molecule has 0 aliphatic carbocycles. The Balaban J connectivity index is 1.35. The van der Waals surface area contributed by atoms with E-state index in [1.165, 1.54) is 0 Å². The molecule has 0 saturated carbocycles. The predicted octanol–water partition coefficient (Wildman–Crippen LogP) is 2.00. The summed E-state index contributed by atoms with van der Waals surface area (Å²) in [5.74, 6) is 0.957. The summed E-state index contributed by atoms with van der Waals surface area (Å²) in [6.45, 7) is 12.4. The number of hydrogen-bond acceptors (Lipinski definition) is 13. The number of fused-ring (bicyclic) bond motifs is 1. The van der Waals surface area contributed by atoms with E-state index in [1.54, 1.807) is 6.33 Å². The van der Waals surface area contributed by atoms with Crippen LogP contribution >= 0.6 is 0 Å². The molecular formula is C33H54N8O7. The highest BCUT2D eigenvalue weighted by atomic mass is 16.6. The summed E-state index contributed by atoms with van der Waals surface area (Å²) in [6.07, 6.45) is 2.51. The second-order valence-electron chi connectivity index (χ2n) is 11.4. The third-order valence-electron chi connectivity index (χ3n) is 7.29. The summed E-state index contributed by atoms with van der Waals surface area (Å²) in [5.41, 5.74) is 8.34. The third-order valence-corrected chi connectivity index (χ3v) is 7.29. The van der Waals surface area contributed by atoms with Gasteiger partial charge in [0.1, 0.15) is 0 Å². The quantitative estimate of drug-likeness (QED) is 0.0909. The zero-order chi connectivity index (χ0) is 34.6. The number of anilines is 2. The van der Waals surface area contributed by atoms with Crippen molar-refractivity contribution in [3.63, 3.8) is 0 Å². The molecule has 5 N–H and O–H groups in total. The molecule has 15 nitrogen and oxygen atoms in total. The lowest BCUT2D eigenvalue weighted by Crippen LogP contribution is -2.27. The standard InChI is InChI=1S/C33H54N8O7/c1-5-28(23-42)37-33-38-30(29-31(39-33)41(24-36-29)25(2)3)40(4)22-26-6-8-27(9-7-26)32(43)35-11-13-45-15-17-47-19-21-48-20-18-46-16-14-44-12-10-34/h6-9,24-25,28,42H,5,10-23,34H2,1-4H3,(H,35,43)(H,37,38,39)/t28-/m0/s1. The first kappa shape index (κ1) is 39.0. The number of rotatable bonds is 26. The van der Waals surface area contributed by atoms with Crippen LogP contribution < -0.4 is 21.3 Å². The average molecular weight is 675 g/mol. The van der Waals surface area contributed by atoms with Crippen molar-refractivity contribution in [2.24, 2.45) is 5.73 Å². The topological polar surface area (TPSA) is 180 Å². The summed E-state index contributed by atoms with van der Waals surface area (Å²) in [6, 6.07) is 7.49. The van der Waals surface area contributed by atoms with Crippen molar-refractivity contribution >= 4 is 28.8 Å². The van der Waals surface area contributed by atoms with Gasteiger partial charge in [-0.2, -0.15) is 9.97 Å². The van der Waals surface area contributed by atoms with E-state index < -0.39 is 0 Å². The minimum atomic E-state index is -0.166. The summed E-state index contributed by atoms with van der Waals surface area (Å²) in [7, 11) is 1.95. The van der Waals surface area contributed by atoms with Gasteiger partial charge in [-0.25, -0.2) is 4.98 Å². The molecule has 0 aliphatic rings. The first-order valence-corrected chi connectivity index (χ1v) is 16.7. The fraction of sp³-hybridized carbons (Fsp3) is 0.636. The Morgan fingerprint density at radius 1 is 0.917 bits per heavy atom. The molecule has 2 heterocycles. The molecule has 0 saturated heterocycles. The third kappa shape index (κ3) is 13.2. The van der Waals surface area contributed by atoms with Crippen molar-refractivity contribution in [2.45, 2.75) is 45.8 Å². The summed E-state index contributed by atoms with van der Waals surface area (Å²) < 4.78 is 29.1. The van der Waals surface area contributed by atoms with E-state index >= 15 is 0 Å². The number of carbonyl (C=O) groups is 1. The van der Waals surface area contributed by atoms with Crippen molar-refractivity contribution in [1.29, 1.82) is 0 Å². The lowest BCUT2D eigenvalue weighted by atomic mass is 10.1. The molecule has 1 aromatic carbocycles. The summed E-state index contributed by atoms with van der Waals surface area (Å²) in [4.78, 5) is 28.8. The minimum Gasteiger partial charge on any atom is -0.394 e. The van der Waals surface area contributed by atoms with Crippen LogP contribution in [0.5, 0.6) is 0 Å². The molecule has 0 radical (unpaired) electrons. The molecule has 0 bridgehead atoms. The molecule has 0 unspecified atom stereocenters. The van der Waals surface area contributed by atoms with Crippen molar-refractivity contribution in [1.82, 2.24) is 24.8 Å². The highest BCUT2D eigenvalue weighted by molar-refractivity contribution is 5.94. The molecule has 48 heavy (non-hydrogen) atoms. The van der Waals surface area contributed by atoms with E-state index in [9.17, 15) is 9.90 Å². The molecule has 3 rings (SSSR count). The van der Waals surface area contributed by atoms with E-state index in [-0.39, 0.29) is 24.6 Å². The van der Waals surface area contributed by atoms with Crippen LogP contribution in [0, 0.1) is 0 Å². The van der Waals surface area contributed by atoms with Crippen LogP contribution in [0.2, 0.25) is 0 Å². The number of ether oxygens (including phenoxy) is 5. The Morgan fingerprint density at radius 3 is 2.04 bits per heavy atom. The molecule has 268 valence electrons. The number of aromatic nitrogens is 4. The highest BCUT2D eigenvalue weighted by Crippen LogP contribution is 2.27. The van der Waals surface area contributed by atoms with Gasteiger partial charge >= 0.3 is 0 Å². The molecule has 1 amide bonds. The van der Waals surface area contributed by atoms with Crippen molar-refractivity contribution in [2.75, 3.05) is 103 Å². The fourth-order valence-electron chi connectivity index (χ4n) is 4.58. The maximum atomic E-state index is 12.7. The number of amides is 1. The van der Waals surface area contributed by atoms with Gasteiger partial charge in [0, 0.05) is 38.3 Å². The number of benzene rings is 1. The lowest BCUT2D eigenvalue weighted by molar-refractivity contribution is -0.0102. The molecule has 2 aromatic heterocycles. The SMILES string of the molecule is CC[C@@H](CO)Nc1nc(N(C)Cc2ccc(C(=O)NCCOCCOCCOCCOCCOCCN)cc2)c2ncn(C(C)C)c2n1. The number of nitrogens with one attached hydrogen (secondary N) is 2. The molecular weight excluding hydrogens is 620 g/mol. The normalized spacial score (nSPS) is 12.1. The Morgan fingerprint density at radius 2 is 1.50 bits per heavy atom. The van der Waals surface area contributed by atoms with E-state index in [1.807, 2.05) is 47.7 Å². The van der Waals surface area contributed by atoms with Gasteiger partial charge in [0.05, 0.1) is 85.0 Å². The van der Waals surface area contributed by atoms with Crippen LogP contribution in [-0.4, -0.2) is 129 Å². The van der Waals surface area contributed by atoms with E-state index in [2.05, 4.69) is 29.5 Å². The first-order valence-electron chi connectivity index (χ1n) is 16.7. The number of imidazole rings is 1. The van der Waals surface area contributed by atoms with Crippen LogP contribution in [0.1, 0.15) is 49.2 Å². The highest BCUT2D eigenvalue weighted by Gasteiger charge is 2.19. The Hall–Kier alpha value is -3.44. The van der Waals surface area contributed by atoms with Gasteiger partial charge < -0.3 is 54.6 Å². The van der Waals surface area contributed by atoms with Crippen molar-refractivity contribution < 1.29 is 33.6 Å². The van der Waals surface area contributed by atoms with E-state index in [0.717, 1.165) is 17.6 Å². The number of nitrogens with two attached hydrogens (primary N) is 1. The van der Waals surface area contributed by atoms with Crippen LogP contribution in [-0.2, 0) is 30.2 Å². The van der Waals surface area contributed by atoms with Gasteiger partial charge in [0.15, 0.2) is 17.0 Å². The zero-order valence-corrected chi connectivity index (χ0v) is 28.9. The van der Waals surface area contributed by atoms with Crippen LogP contribution in [0.15, 0.2) is 30.6 Å². The van der Waals surface area contributed by atoms with Gasteiger partial charge in [-0.3, -0.25) is 4.79 Å². The molecule has 15 heteroatoms. The Labute approximate surface area is 283 Å². The van der Waals surface area contributed by atoms with Crippen LogP contribution in [0.25, 0.3) is 11.2 Å². The molecule has 0 fully saturated rings. The number of hydrogen-bond donors (Lipinski definition) is 4. The van der Waals surface area contributed by atoms with Gasteiger partial charge in [-0.05, 0) is 38.0 Å². The second-order valence-corrected chi connectivity index (χ2v) is 11.4. The largest absolute Gasteiger partial charge is 0.394 e. The predicted molar refractivity (Wildman–Crippen MR) is 185 cm³/mol. The summed E-state index contributed by atoms with van der Waals surface area (Å²) in [5, 5.41) is 15.8. The molecule has 1 atom stereocenters. The Kier molecular flexibility index (Phi) is 18.1. The maximum Gasteiger partial charge on any atom is 0.251 e. The monoisotopic (exact) mass is 674 g/mol. The zero-order valence-electron chi connectivity index (χ0n) is 28.9. The second kappa shape index (κ2) is 22.2. The Bertz CT molecular complexity index is 1320. The lowest BCUT2D eigenvalue weighted by Gasteiger charge is -2.21. The number of aliphatic hydroxyl groups is 1. The molecule has 3 aromatic rings. The number of carbonyl (C=O) groups excluding carboxylic acids is 1. The maximum absolute atomic E-state index is 12.7. The average Bonchev–Trinajstić information content (AvgIpc) is 3.53. The fourth-order valence-corrected chi connectivity index (χ4v) is 4.58. The van der Waals surface area contributed by atoms with Gasteiger partial charge in [-0.1, -0.05) is 19.1 Å². The molecule has 0 spiro atoms. The number of nitrogens with zero attached hydrogens (tertiary/aromatic N) is 5. The van der Waals surface area contributed by atoms with Gasteiger partial charge in [0.25, 0.3) is 5.91 Å². The van der Waals surface area contributed by atoms with Gasteiger partial charge in [-0.15, -0.1) is 0 Å². The number of aliphatic hydroxyl groups excluding tert-OH is 1. The van der Waals surface area contributed by atoms with E-state index in [0.29, 0.717) is 109 Å². The minimum absolute atomic E-state index is 0.0171. The molecule has 0 aliphatic heterocycles. The smallest absolute Gasteiger partial charge is 0.251 e. The van der Waals surface area contributed by atoms with Crippen molar-refractivity contribution in [3.8, 4) is 0 Å². The first-order chi connectivity index (χ1) is 23.4. The van der Waals surface area contributed by atoms with E-state index in [4.69, 9.17) is 39.4 Å². The van der Waals surface area contributed by atoms with Gasteiger partial charge in [0.2, 0.25) is 5.95 Å².